The van der Waals surface area contributed by atoms with Gasteiger partial charge in [-0.05, 0) is 42.3 Å². The predicted molar refractivity (Wildman–Crippen MR) is 125 cm³/mol. The third-order valence-corrected chi connectivity index (χ3v) is 6.79. The number of benzene rings is 2. The number of carbonyl (C=O) groups excluding carboxylic acids is 1. The smallest absolute Gasteiger partial charge is 0.235 e. The molecule has 8 heteroatoms. The van der Waals surface area contributed by atoms with Gasteiger partial charge in [0.05, 0.1) is 11.3 Å². The first-order valence-electron chi connectivity index (χ1n) is 8.83. The summed E-state index contributed by atoms with van der Waals surface area (Å²) in [5, 5.41) is 7.13. The Hall–Kier alpha value is -1.77. The highest BCUT2D eigenvalue weighted by Crippen LogP contribution is 2.28. The van der Waals surface area contributed by atoms with E-state index < -0.39 is 0 Å². The van der Waals surface area contributed by atoms with Crippen molar-refractivity contribution in [2.45, 2.75) is 13.8 Å². The van der Waals surface area contributed by atoms with Gasteiger partial charge in [0.25, 0.3) is 0 Å². The second-order valence-corrected chi connectivity index (χ2v) is 10.0. The summed E-state index contributed by atoms with van der Waals surface area (Å²) in [6, 6.07) is 13.5. The van der Waals surface area contributed by atoms with E-state index in [0.717, 1.165) is 32.5 Å². The average molecular weight is 477 g/mol. The van der Waals surface area contributed by atoms with E-state index >= 15 is 0 Å². The number of carbonyl (C=O) groups is 1. The molecule has 0 aliphatic rings. The minimum absolute atomic E-state index is 0.0149. The molecule has 2 aromatic carbocycles. The van der Waals surface area contributed by atoms with Gasteiger partial charge in [-0.2, -0.15) is 0 Å². The first-order chi connectivity index (χ1) is 13.5. The molecule has 1 amide bonds. The van der Waals surface area contributed by atoms with Crippen LogP contribution < -0.4 is 10.6 Å². The zero-order valence-electron chi connectivity index (χ0n) is 15.6. The van der Waals surface area contributed by atoms with Crippen molar-refractivity contribution in [1.82, 2.24) is 9.97 Å². The molecular formula is C20H21BrN4OS2. The Morgan fingerprint density at radius 2 is 1.96 bits per heavy atom. The zero-order valence-corrected chi connectivity index (χ0v) is 18.8. The Labute approximate surface area is 181 Å². The van der Waals surface area contributed by atoms with Crippen LogP contribution in [0.15, 0.2) is 53.3 Å². The Bertz CT molecular complexity index is 968. The van der Waals surface area contributed by atoms with Crippen LogP contribution in [0.25, 0.3) is 10.9 Å². The van der Waals surface area contributed by atoms with Gasteiger partial charge in [-0.3, -0.25) is 4.79 Å². The number of aromatic nitrogens is 2. The van der Waals surface area contributed by atoms with Crippen LogP contribution in [0.5, 0.6) is 0 Å². The Kier molecular flexibility index (Phi) is 7.58. The van der Waals surface area contributed by atoms with Crippen LogP contribution in [0.1, 0.15) is 13.8 Å². The largest absolute Gasteiger partial charge is 0.340 e. The van der Waals surface area contributed by atoms with Crippen LogP contribution in [0.4, 0.5) is 17.2 Å². The third kappa shape index (κ3) is 6.12. The lowest BCUT2D eigenvalue weighted by molar-refractivity contribution is -0.113. The first-order valence-corrected chi connectivity index (χ1v) is 12.1. The van der Waals surface area contributed by atoms with Gasteiger partial charge in [0, 0.05) is 27.0 Å². The lowest BCUT2D eigenvalue weighted by Gasteiger charge is -2.11. The summed E-state index contributed by atoms with van der Waals surface area (Å²) < 4.78 is 0.983. The summed E-state index contributed by atoms with van der Waals surface area (Å²) in [7, 11) is 3.31. The second kappa shape index (κ2) is 10.1. The molecule has 0 saturated carbocycles. The van der Waals surface area contributed by atoms with Crippen LogP contribution >= 0.6 is 37.5 Å². The molecular weight excluding hydrogens is 456 g/mol. The fraction of sp³-hybridized carbons (Fsp3) is 0.250. The second-order valence-electron chi connectivity index (χ2n) is 6.58. The van der Waals surface area contributed by atoms with Gasteiger partial charge in [-0.1, -0.05) is 57.4 Å². The van der Waals surface area contributed by atoms with Crippen molar-refractivity contribution in [3.63, 3.8) is 0 Å². The number of fused-ring (bicyclic) bond motifs is 1. The third-order valence-electron chi connectivity index (χ3n) is 3.68. The number of halogens is 1. The van der Waals surface area contributed by atoms with Crippen molar-refractivity contribution in [2.24, 2.45) is 5.92 Å². The molecule has 1 heterocycles. The molecule has 28 heavy (non-hydrogen) atoms. The standard InChI is InChI=1S/C20H21BrN4OS2/c1-13(2)10-27-28-11-19(26)24-16-6-7-18-17(9-16)20(23-12-22-18)25-15-5-3-4-14(21)8-15/h3-9,12-13H,10-11H2,1-2H3,(H,24,26)(H,22,23,25). The maximum atomic E-state index is 12.2. The summed E-state index contributed by atoms with van der Waals surface area (Å²) in [4.78, 5) is 20.9. The summed E-state index contributed by atoms with van der Waals surface area (Å²) in [5.74, 6) is 2.76. The molecule has 0 aliphatic heterocycles. The van der Waals surface area contributed by atoms with Crippen LogP contribution in [-0.2, 0) is 4.79 Å². The maximum absolute atomic E-state index is 12.2. The van der Waals surface area contributed by atoms with Crippen molar-refractivity contribution in [3.05, 3.63) is 53.3 Å². The zero-order chi connectivity index (χ0) is 19.9. The summed E-state index contributed by atoms with van der Waals surface area (Å²) in [6.45, 7) is 4.34. The molecule has 3 rings (SSSR count). The van der Waals surface area contributed by atoms with Crippen LogP contribution in [0, 0.1) is 5.92 Å². The number of hydrogen-bond donors (Lipinski definition) is 2. The minimum Gasteiger partial charge on any atom is -0.340 e. The van der Waals surface area contributed by atoms with Crippen molar-refractivity contribution in [3.8, 4) is 0 Å². The summed E-state index contributed by atoms with van der Waals surface area (Å²) >= 11 is 3.47. The van der Waals surface area contributed by atoms with Gasteiger partial charge < -0.3 is 10.6 Å². The Morgan fingerprint density at radius 3 is 2.75 bits per heavy atom. The molecule has 2 N–H and O–H groups in total. The molecule has 0 atom stereocenters. The van der Waals surface area contributed by atoms with E-state index in [4.69, 9.17) is 0 Å². The molecule has 3 aromatic rings. The molecule has 5 nitrogen and oxygen atoms in total. The first kappa shape index (κ1) is 21.0. The Morgan fingerprint density at radius 1 is 1.11 bits per heavy atom. The van der Waals surface area contributed by atoms with Gasteiger partial charge in [0.1, 0.15) is 12.1 Å². The lowest BCUT2D eigenvalue weighted by atomic mass is 10.2. The van der Waals surface area contributed by atoms with E-state index in [1.54, 1.807) is 21.6 Å². The molecule has 0 spiro atoms. The monoisotopic (exact) mass is 476 g/mol. The summed E-state index contributed by atoms with van der Waals surface area (Å²) in [5.41, 5.74) is 2.47. The van der Waals surface area contributed by atoms with E-state index in [1.807, 2.05) is 42.5 Å². The predicted octanol–water partition coefficient (Wildman–Crippen LogP) is 6.11. The SMILES string of the molecule is CC(C)CSSCC(=O)Nc1ccc2ncnc(Nc3cccc(Br)c3)c2c1. The quantitative estimate of drug-likeness (QED) is 0.301. The molecule has 0 saturated heterocycles. The van der Waals surface area contributed by atoms with E-state index in [9.17, 15) is 4.79 Å². The number of nitrogens with zero attached hydrogens (tertiary/aromatic N) is 2. The molecule has 1 aromatic heterocycles. The van der Waals surface area contributed by atoms with E-state index in [2.05, 4.69) is 50.4 Å². The lowest BCUT2D eigenvalue weighted by Crippen LogP contribution is -2.13. The van der Waals surface area contributed by atoms with Crippen LogP contribution in [0.2, 0.25) is 0 Å². The normalized spacial score (nSPS) is 11.0. The van der Waals surface area contributed by atoms with E-state index in [0.29, 0.717) is 17.5 Å². The molecule has 0 aliphatic carbocycles. The molecule has 146 valence electrons. The highest BCUT2D eigenvalue weighted by atomic mass is 79.9. The summed E-state index contributed by atoms with van der Waals surface area (Å²) in [6.07, 6.45) is 1.53. The van der Waals surface area contributed by atoms with Crippen LogP contribution in [-0.4, -0.2) is 27.4 Å². The van der Waals surface area contributed by atoms with Crippen molar-refractivity contribution in [2.75, 3.05) is 22.1 Å². The van der Waals surface area contributed by atoms with E-state index in [1.165, 1.54) is 6.33 Å². The van der Waals surface area contributed by atoms with Crippen molar-refractivity contribution < 1.29 is 4.79 Å². The fourth-order valence-corrected chi connectivity index (χ4v) is 5.12. The molecule has 0 unspecified atom stereocenters. The molecule has 0 radical (unpaired) electrons. The number of nitrogens with one attached hydrogen (secondary N) is 2. The minimum atomic E-state index is -0.0149. The number of anilines is 3. The van der Waals surface area contributed by atoms with Gasteiger partial charge in [0.15, 0.2) is 0 Å². The number of rotatable bonds is 8. The van der Waals surface area contributed by atoms with Crippen molar-refractivity contribution >= 4 is 71.5 Å². The number of hydrogen-bond acceptors (Lipinski definition) is 6. The Balaban J connectivity index is 1.72. The van der Waals surface area contributed by atoms with Gasteiger partial charge in [0.2, 0.25) is 5.91 Å². The molecule has 0 bridgehead atoms. The topological polar surface area (TPSA) is 66.9 Å². The van der Waals surface area contributed by atoms with E-state index in [-0.39, 0.29) is 5.91 Å². The number of amides is 1. The highest BCUT2D eigenvalue weighted by Gasteiger charge is 2.08. The average Bonchev–Trinajstić information content (AvgIpc) is 2.66. The van der Waals surface area contributed by atoms with Crippen LogP contribution in [0.3, 0.4) is 0 Å². The van der Waals surface area contributed by atoms with Gasteiger partial charge in [-0.15, -0.1) is 0 Å². The van der Waals surface area contributed by atoms with Gasteiger partial charge >= 0.3 is 0 Å². The van der Waals surface area contributed by atoms with Crippen molar-refractivity contribution in [1.29, 1.82) is 0 Å². The van der Waals surface area contributed by atoms with Gasteiger partial charge in [-0.25, -0.2) is 9.97 Å². The maximum Gasteiger partial charge on any atom is 0.235 e. The fourth-order valence-electron chi connectivity index (χ4n) is 2.41. The highest BCUT2D eigenvalue weighted by molar-refractivity contribution is 9.10. The molecule has 0 fully saturated rings.